The number of amides is 1. The molecule has 0 aliphatic heterocycles. The van der Waals surface area contributed by atoms with Crippen molar-refractivity contribution in [3.63, 3.8) is 0 Å². The fourth-order valence-corrected chi connectivity index (χ4v) is 2.11. The normalized spacial score (nSPS) is 10.2. The second kappa shape index (κ2) is 9.52. The van der Waals surface area contributed by atoms with E-state index in [2.05, 4.69) is 15.6 Å². The van der Waals surface area contributed by atoms with E-state index in [1.165, 1.54) is 0 Å². The molecule has 6 nitrogen and oxygen atoms in total. The van der Waals surface area contributed by atoms with Gasteiger partial charge in [0.1, 0.15) is 11.6 Å². The predicted molar refractivity (Wildman–Crippen MR) is 94.0 cm³/mol. The fraction of sp³-hybridized carbons (Fsp3) is 0.333. The van der Waals surface area contributed by atoms with Crippen molar-refractivity contribution in [2.24, 2.45) is 0 Å². The topological polar surface area (TPSA) is 72.5 Å². The van der Waals surface area contributed by atoms with E-state index in [1.54, 1.807) is 25.4 Å². The molecule has 0 spiro atoms. The third kappa shape index (κ3) is 5.24. The van der Waals surface area contributed by atoms with E-state index < -0.39 is 0 Å². The maximum Gasteiger partial charge on any atom is 0.255 e. The molecule has 0 fully saturated rings. The van der Waals surface area contributed by atoms with Gasteiger partial charge in [0, 0.05) is 31.6 Å². The number of carbonyl (C=O) groups excluding carboxylic acids is 1. The van der Waals surface area contributed by atoms with E-state index in [1.807, 2.05) is 31.2 Å². The minimum atomic E-state index is -0.157. The first kappa shape index (κ1) is 17.7. The first-order chi connectivity index (χ1) is 11.7. The standard InChI is InChI=1S/C18H23N3O3/c1-3-24-13-5-12-20-18(22)16-6-4-11-19-17(16)21-14-7-9-15(23-2)10-8-14/h4,6-11H,3,5,12-13H2,1-2H3,(H,19,21)(H,20,22). The number of carbonyl (C=O) groups is 1. The molecular weight excluding hydrogens is 306 g/mol. The molecule has 0 saturated carbocycles. The molecule has 0 radical (unpaired) electrons. The van der Waals surface area contributed by atoms with Crippen molar-refractivity contribution in [1.29, 1.82) is 0 Å². The average molecular weight is 329 g/mol. The van der Waals surface area contributed by atoms with Gasteiger partial charge in [-0.15, -0.1) is 0 Å². The molecule has 2 N–H and O–H groups in total. The summed E-state index contributed by atoms with van der Waals surface area (Å²) < 4.78 is 10.4. The van der Waals surface area contributed by atoms with Crippen molar-refractivity contribution in [3.05, 3.63) is 48.2 Å². The molecule has 0 aliphatic rings. The zero-order valence-electron chi connectivity index (χ0n) is 14.0. The summed E-state index contributed by atoms with van der Waals surface area (Å²) in [5, 5.41) is 6.05. The summed E-state index contributed by atoms with van der Waals surface area (Å²) in [4.78, 5) is 16.6. The van der Waals surface area contributed by atoms with Crippen LogP contribution in [0.25, 0.3) is 0 Å². The number of hydrogen-bond acceptors (Lipinski definition) is 5. The van der Waals surface area contributed by atoms with E-state index >= 15 is 0 Å². The van der Waals surface area contributed by atoms with Gasteiger partial charge in [0.05, 0.1) is 12.7 Å². The third-order valence-electron chi connectivity index (χ3n) is 3.36. The maximum absolute atomic E-state index is 12.3. The van der Waals surface area contributed by atoms with Crippen molar-refractivity contribution < 1.29 is 14.3 Å². The van der Waals surface area contributed by atoms with E-state index in [0.29, 0.717) is 31.1 Å². The number of benzene rings is 1. The van der Waals surface area contributed by atoms with Crippen LogP contribution in [0.2, 0.25) is 0 Å². The monoisotopic (exact) mass is 329 g/mol. The van der Waals surface area contributed by atoms with Gasteiger partial charge in [-0.05, 0) is 49.7 Å². The highest BCUT2D eigenvalue weighted by Crippen LogP contribution is 2.21. The highest BCUT2D eigenvalue weighted by Gasteiger charge is 2.12. The molecule has 1 aromatic heterocycles. The lowest BCUT2D eigenvalue weighted by Gasteiger charge is -2.11. The van der Waals surface area contributed by atoms with E-state index in [4.69, 9.17) is 9.47 Å². The van der Waals surface area contributed by atoms with Crippen LogP contribution in [0.3, 0.4) is 0 Å². The number of nitrogens with zero attached hydrogens (tertiary/aromatic N) is 1. The lowest BCUT2D eigenvalue weighted by Crippen LogP contribution is -2.26. The van der Waals surface area contributed by atoms with Gasteiger partial charge in [-0.1, -0.05) is 0 Å². The van der Waals surface area contributed by atoms with Gasteiger partial charge in [-0.25, -0.2) is 4.98 Å². The average Bonchev–Trinajstić information content (AvgIpc) is 2.62. The van der Waals surface area contributed by atoms with Crippen LogP contribution in [-0.4, -0.2) is 37.8 Å². The molecule has 128 valence electrons. The number of methoxy groups -OCH3 is 1. The Hall–Kier alpha value is -2.60. The number of rotatable bonds is 9. The quantitative estimate of drug-likeness (QED) is 0.692. The summed E-state index contributed by atoms with van der Waals surface area (Å²) in [6, 6.07) is 10.9. The van der Waals surface area contributed by atoms with Gasteiger partial charge in [0.15, 0.2) is 0 Å². The van der Waals surface area contributed by atoms with E-state index in [0.717, 1.165) is 17.9 Å². The van der Waals surface area contributed by atoms with Crippen molar-refractivity contribution in [1.82, 2.24) is 10.3 Å². The number of anilines is 2. The summed E-state index contributed by atoms with van der Waals surface area (Å²) in [6.07, 6.45) is 2.43. The molecule has 0 saturated heterocycles. The maximum atomic E-state index is 12.3. The van der Waals surface area contributed by atoms with Crippen molar-refractivity contribution >= 4 is 17.4 Å². The summed E-state index contributed by atoms with van der Waals surface area (Å²) >= 11 is 0. The Morgan fingerprint density at radius 2 is 2.00 bits per heavy atom. The molecule has 6 heteroatoms. The molecule has 24 heavy (non-hydrogen) atoms. The first-order valence-corrected chi connectivity index (χ1v) is 7.96. The second-order valence-electron chi connectivity index (χ2n) is 5.06. The first-order valence-electron chi connectivity index (χ1n) is 7.96. The molecular formula is C18H23N3O3. The van der Waals surface area contributed by atoms with E-state index in [-0.39, 0.29) is 5.91 Å². The van der Waals surface area contributed by atoms with Crippen LogP contribution in [0.1, 0.15) is 23.7 Å². The van der Waals surface area contributed by atoms with Gasteiger partial charge in [-0.2, -0.15) is 0 Å². The number of hydrogen-bond donors (Lipinski definition) is 2. The lowest BCUT2D eigenvalue weighted by atomic mass is 10.2. The van der Waals surface area contributed by atoms with Crippen LogP contribution in [0.4, 0.5) is 11.5 Å². The number of pyridine rings is 1. The lowest BCUT2D eigenvalue weighted by molar-refractivity contribution is 0.0945. The molecule has 0 atom stereocenters. The van der Waals surface area contributed by atoms with Crippen LogP contribution in [0.15, 0.2) is 42.6 Å². The fourth-order valence-electron chi connectivity index (χ4n) is 2.11. The summed E-state index contributed by atoms with van der Waals surface area (Å²) in [6.45, 7) is 3.84. The number of ether oxygens (including phenoxy) is 2. The van der Waals surface area contributed by atoms with Gasteiger partial charge in [-0.3, -0.25) is 4.79 Å². The Morgan fingerprint density at radius 3 is 2.71 bits per heavy atom. The Morgan fingerprint density at radius 1 is 1.21 bits per heavy atom. The van der Waals surface area contributed by atoms with E-state index in [9.17, 15) is 4.79 Å². The number of aromatic nitrogens is 1. The highest BCUT2D eigenvalue weighted by molar-refractivity contribution is 5.99. The molecule has 1 amide bonds. The Labute approximate surface area is 142 Å². The minimum absolute atomic E-state index is 0.157. The van der Waals surface area contributed by atoms with Crippen LogP contribution < -0.4 is 15.4 Å². The summed E-state index contributed by atoms with van der Waals surface area (Å²) in [7, 11) is 1.62. The van der Waals surface area contributed by atoms with Gasteiger partial charge >= 0.3 is 0 Å². The Kier molecular flexibility index (Phi) is 7.04. The molecule has 1 heterocycles. The SMILES string of the molecule is CCOCCCNC(=O)c1cccnc1Nc1ccc(OC)cc1. The van der Waals surface area contributed by atoms with Gasteiger partial charge < -0.3 is 20.1 Å². The van der Waals surface area contributed by atoms with Crippen LogP contribution in [0, 0.1) is 0 Å². The molecule has 1 aromatic carbocycles. The third-order valence-corrected chi connectivity index (χ3v) is 3.36. The molecule has 0 unspecified atom stereocenters. The van der Waals surface area contributed by atoms with Crippen LogP contribution >= 0.6 is 0 Å². The zero-order chi connectivity index (χ0) is 17.2. The largest absolute Gasteiger partial charge is 0.497 e. The van der Waals surface area contributed by atoms with Crippen LogP contribution in [-0.2, 0) is 4.74 Å². The molecule has 2 rings (SSSR count). The Bertz CT molecular complexity index is 644. The zero-order valence-corrected chi connectivity index (χ0v) is 14.0. The predicted octanol–water partition coefficient (Wildman–Crippen LogP) is 2.99. The summed E-state index contributed by atoms with van der Waals surface area (Å²) in [5.41, 5.74) is 1.34. The molecule has 0 bridgehead atoms. The smallest absolute Gasteiger partial charge is 0.255 e. The van der Waals surface area contributed by atoms with Crippen LogP contribution in [0.5, 0.6) is 5.75 Å². The van der Waals surface area contributed by atoms with Gasteiger partial charge in [0.2, 0.25) is 0 Å². The molecule has 2 aromatic rings. The highest BCUT2D eigenvalue weighted by atomic mass is 16.5. The summed E-state index contributed by atoms with van der Waals surface area (Å²) in [5.74, 6) is 1.13. The second-order valence-corrected chi connectivity index (χ2v) is 5.06. The Balaban J connectivity index is 1.99. The number of nitrogens with one attached hydrogen (secondary N) is 2. The molecule has 0 aliphatic carbocycles. The van der Waals surface area contributed by atoms with Gasteiger partial charge in [0.25, 0.3) is 5.91 Å². The van der Waals surface area contributed by atoms with Crippen molar-refractivity contribution in [3.8, 4) is 5.75 Å². The van der Waals surface area contributed by atoms with Crippen molar-refractivity contribution in [2.75, 3.05) is 32.2 Å². The van der Waals surface area contributed by atoms with Crippen molar-refractivity contribution in [2.45, 2.75) is 13.3 Å². The minimum Gasteiger partial charge on any atom is -0.497 e.